The van der Waals surface area contributed by atoms with Gasteiger partial charge in [0, 0.05) is 18.3 Å². The zero-order valence-electron chi connectivity index (χ0n) is 11.6. The summed E-state index contributed by atoms with van der Waals surface area (Å²) < 4.78 is 0. The molecule has 0 atom stereocenters. The third-order valence-electron chi connectivity index (χ3n) is 3.95. The van der Waals surface area contributed by atoms with Crippen LogP contribution in [0.3, 0.4) is 0 Å². The lowest BCUT2D eigenvalue weighted by Gasteiger charge is -2.36. The second-order valence-corrected chi connectivity index (χ2v) is 5.47. The Labute approximate surface area is 111 Å². The maximum absolute atomic E-state index is 5.69. The van der Waals surface area contributed by atoms with Gasteiger partial charge in [-0.2, -0.15) is 0 Å². The smallest absolute Gasteiger partial charge is 0.0371 e. The average molecular weight is 246 g/mol. The van der Waals surface area contributed by atoms with Crippen molar-refractivity contribution >= 4 is 5.69 Å². The highest BCUT2D eigenvalue weighted by Gasteiger charge is 2.20. The molecule has 1 aliphatic rings. The Morgan fingerprint density at radius 1 is 1.22 bits per heavy atom. The van der Waals surface area contributed by atoms with E-state index < -0.39 is 0 Å². The van der Waals surface area contributed by atoms with Gasteiger partial charge < -0.3 is 10.6 Å². The van der Waals surface area contributed by atoms with Gasteiger partial charge in [-0.25, -0.2) is 0 Å². The van der Waals surface area contributed by atoms with E-state index in [0.717, 1.165) is 25.6 Å². The molecule has 2 nitrogen and oxygen atoms in total. The first-order chi connectivity index (χ1) is 8.81. The highest BCUT2D eigenvalue weighted by molar-refractivity contribution is 5.49. The van der Waals surface area contributed by atoms with Crippen LogP contribution in [-0.2, 0) is 0 Å². The average Bonchev–Trinajstić information content (AvgIpc) is 2.40. The molecular weight excluding hydrogens is 220 g/mol. The molecule has 0 spiro atoms. The third kappa shape index (κ3) is 3.49. The molecule has 0 saturated heterocycles. The van der Waals surface area contributed by atoms with Crippen LogP contribution in [0.2, 0.25) is 0 Å². The van der Waals surface area contributed by atoms with Gasteiger partial charge in [0.05, 0.1) is 0 Å². The maximum atomic E-state index is 5.69. The van der Waals surface area contributed by atoms with E-state index >= 15 is 0 Å². The molecular formula is C16H26N2. The molecule has 1 fully saturated rings. The molecule has 100 valence electrons. The lowest BCUT2D eigenvalue weighted by molar-refractivity contribution is 0.413. The van der Waals surface area contributed by atoms with Gasteiger partial charge in [-0.15, -0.1) is 0 Å². The molecule has 2 rings (SSSR count). The number of rotatable bonds is 5. The van der Waals surface area contributed by atoms with Crippen LogP contribution in [0.25, 0.3) is 0 Å². The van der Waals surface area contributed by atoms with Crippen LogP contribution in [0.15, 0.2) is 24.3 Å². The van der Waals surface area contributed by atoms with Crippen molar-refractivity contribution in [2.45, 2.75) is 51.5 Å². The second-order valence-electron chi connectivity index (χ2n) is 5.47. The molecule has 1 aromatic rings. The molecule has 0 radical (unpaired) electrons. The molecule has 1 aliphatic carbocycles. The van der Waals surface area contributed by atoms with Gasteiger partial charge in [-0.3, -0.25) is 0 Å². The van der Waals surface area contributed by atoms with Crippen LogP contribution in [-0.4, -0.2) is 19.1 Å². The van der Waals surface area contributed by atoms with Crippen molar-refractivity contribution in [3.05, 3.63) is 29.8 Å². The minimum Gasteiger partial charge on any atom is -0.368 e. The van der Waals surface area contributed by atoms with Crippen LogP contribution < -0.4 is 10.6 Å². The van der Waals surface area contributed by atoms with E-state index in [2.05, 4.69) is 36.1 Å². The molecule has 0 aromatic heterocycles. The Morgan fingerprint density at radius 3 is 2.67 bits per heavy atom. The van der Waals surface area contributed by atoms with Crippen molar-refractivity contribution in [3.8, 4) is 0 Å². The number of nitrogens with zero attached hydrogens (tertiary/aromatic N) is 1. The van der Waals surface area contributed by atoms with Crippen molar-refractivity contribution < 1.29 is 0 Å². The van der Waals surface area contributed by atoms with E-state index in [9.17, 15) is 0 Å². The van der Waals surface area contributed by atoms with Gasteiger partial charge in [-0.1, -0.05) is 31.4 Å². The summed E-state index contributed by atoms with van der Waals surface area (Å²) in [7, 11) is 0. The van der Waals surface area contributed by atoms with E-state index in [4.69, 9.17) is 5.73 Å². The second kappa shape index (κ2) is 6.79. The van der Waals surface area contributed by atoms with Crippen molar-refractivity contribution in [1.82, 2.24) is 0 Å². The van der Waals surface area contributed by atoms with E-state index in [1.165, 1.54) is 43.4 Å². The zero-order valence-corrected chi connectivity index (χ0v) is 11.6. The molecule has 0 amide bonds. The molecule has 0 unspecified atom stereocenters. The topological polar surface area (TPSA) is 29.3 Å². The van der Waals surface area contributed by atoms with Gasteiger partial charge >= 0.3 is 0 Å². The lowest BCUT2D eigenvalue weighted by atomic mass is 9.93. The summed E-state index contributed by atoms with van der Waals surface area (Å²) in [5.41, 5.74) is 8.42. The monoisotopic (exact) mass is 246 g/mol. The molecule has 0 heterocycles. The highest BCUT2D eigenvalue weighted by Crippen LogP contribution is 2.27. The summed E-state index contributed by atoms with van der Waals surface area (Å²) in [5.74, 6) is 0. The Balaban J connectivity index is 2.12. The van der Waals surface area contributed by atoms with E-state index in [-0.39, 0.29) is 0 Å². The minimum absolute atomic E-state index is 0.729. The Hall–Kier alpha value is -1.02. The number of aryl methyl sites for hydroxylation is 1. The van der Waals surface area contributed by atoms with Gasteiger partial charge in [-0.05, 0) is 50.4 Å². The van der Waals surface area contributed by atoms with Crippen molar-refractivity contribution in [2.75, 3.05) is 18.0 Å². The first kappa shape index (κ1) is 13.4. The van der Waals surface area contributed by atoms with Gasteiger partial charge in [0.25, 0.3) is 0 Å². The predicted molar refractivity (Wildman–Crippen MR) is 79.1 cm³/mol. The highest BCUT2D eigenvalue weighted by atomic mass is 15.2. The number of hydrogen-bond donors (Lipinski definition) is 1. The standard InChI is InChI=1S/C16H26N2/c1-14-7-5-10-16(13-14)18(12-6-11-17)15-8-3-2-4-9-15/h5,7,10,13,15H,2-4,6,8-9,11-12,17H2,1H3. The molecule has 2 N–H and O–H groups in total. The fourth-order valence-corrected chi connectivity index (χ4v) is 2.98. The fraction of sp³-hybridized carbons (Fsp3) is 0.625. The van der Waals surface area contributed by atoms with Crippen LogP contribution >= 0.6 is 0 Å². The molecule has 18 heavy (non-hydrogen) atoms. The number of anilines is 1. The molecule has 1 saturated carbocycles. The third-order valence-corrected chi connectivity index (χ3v) is 3.95. The van der Waals surface area contributed by atoms with Crippen molar-refractivity contribution in [3.63, 3.8) is 0 Å². The van der Waals surface area contributed by atoms with Crippen LogP contribution in [0.4, 0.5) is 5.69 Å². The zero-order chi connectivity index (χ0) is 12.8. The molecule has 0 bridgehead atoms. The van der Waals surface area contributed by atoms with E-state index in [1.807, 2.05) is 0 Å². The van der Waals surface area contributed by atoms with Crippen LogP contribution in [0, 0.1) is 6.92 Å². The first-order valence-corrected chi connectivity index (χ1v) is 7.34. The lowest BCUT2D eigenvalue weighted by Crippen LogP contribution is -2.38. The quantitative estimate of drug-likeness (QED) is 0.862. The predicted octanol–water partition coefficient (Wildman–Crippen LogP) is 3.48. The largest absolute Gasteiger partial charge is 0.368 e. The summed E-state index contributed by atoms with van der Waals surface area (Å²) in [6, 6.07) is 9.63. The fourth-order valence-electron chi connectivity index (χ4n) is 2.98. The Bertz CT molecular complexity index is 356. The normalized spacial score (nSPS) is 16.8. The summed E-state index contributed by atoms with van der Waals surface area (Å²) in [5, 5.41) is 0. The van der Waals surface area contributed by atoms with E-state index in [1.54, 1.807) is 0 Å². The van der Waals surface area contributed by atoms with Gasteiger partial charge in [0.1, 0.15) is 0 Å². The summed E-state index contributed by atoms with van der Waals surface area (Å²) in [4.78, 5) is 2.60. The minimum atomic E-state index is 0.729. The number of nitrogens with two attached hydrogens (primary N) is 1. The molecule has 2 heteroatoms. The first-order valence-electron chi connectivity index (χ1n) is 7.34. The van der Waals surface area contributed by atoms with Crippen LogP contribution in [0.1, 0.15) is 44.1 Å². The van der Waals surface area contributed by atoms with Gasteiger partial charge in [0.2, 0.25) is 0 Å². The number of hydrogen-bond acceptors (Lipinski definition) is 2. The van der Waals surface area contributed by atoms with E-state index in [0.29, 0.717) is 0 Å². The molecule has 1 aromatic carbocycles. The number of benzene rings is 1. The SMILES string of the molecule is Cc1cccc(N(CCCN)C2CCCCC2)c1. The summed E-state index contributed by atoms with van der Waals surface area (Å²) in [6.45, 7) is 4.06. The Morgan fingerprint density at radius 2 is 2.00 bits per heavy atom. The Kier molecular flexibility index (Phi) is 5.06. The summed E-state index contributed by atoms with van der Waals surface area (Å²) in [6.07, 6.45) is 7.96. The summed E-state index contributed by atoms with van der Waals surface area (Å²) >= 11 is 0. The van der Waals surface area contributed by atoms with Gasteiger partial charge in [0.15, 0.2) is 0 Å². The van der Waals surface area contributed by atoms with Crippen LogP contribution in [0.5, 0.6) is 0 Å². The van der Waals surface area contributed by atoms with Crippen molar-refractivity contribution in [2.24, 2.45) is 5.73 Å². The van der Waals surface area contributed by atoms with Crippen molar-refractivity contribution in [1.29, 1.82) is 0 Å². The maximum Gasteiger partial charge on any atom is 0.0371 e. The molecule has 0 aliphatic heterocycles.